The molecule has 0 aliphatic heterocycles. The minimum Gasteiger partial charge on any atom is -0.495 e. The summed E-state index contributed by atoms with van der Waals surface area (Å²) in [6, 6.07) is 13.0. The summed E-state index contributed by atoms with van der Waals surface area (Å²) in [6.07, 6.45) is 1.39. The Balaban J connectivity index is 2.42. The minimum atomic E-state index is -3.84. The van der Waals surface area contributed by atoms with Crippen molar-refractivity contribution in [3.05, 3.63) is 59.1 Å². The van der Waals surface area contributed by atoms with Crippen LogP contribution in [-0.4, -0.2) is 57.6 Å². The molecule has 0 aromatic heterocycles. The molecule has 2 amide bonds. The number of nitrogens with zero attached hydrogens (tertiary/aromatic N) is 2. The van der Waals surface area contributed by atoms with Gasteiger partial charge in [0.25, 0.3) is 0 Å². The van der Waals surface area contributed by atoms with Crippen molar-refractivity contribution in [2.45, 2.75) is 39.8 Å². The van der Waals surface area contributed by atoms with Gasteiger partial charge in [-0.1, -0.05) is 62.7 Å². The normalized spacial score (nSPS) is 12.2. The molecule has 0 fully saturated rings. The van der Waals surface area contributed by atoms with Gasteiger partial charge in [-0.3, -0.25) is 13.9 Å². The first-order chi connectivity index (χ1) is 16.5. The van der Waals surface area contributed by atoms with Crippen molar-refractivity contribution in [3.8, 4) is 5.75 Å². The van der Waals surface area contributed by atoms with Gasteiger partial charge in [0, 0.05) is 13.1 Å². The number of rotatable bonds is 12. The third-order valence-corrected chi connectivity index (χ3v) is 6.80. The number of hydrogen-bond acceptors (Lipinski definition) is 5. The molecule has 35 heavy (non-hydrogen) atoms. The van der Waals surface area contributed by atoms with E-state index in [1.165, 1.54) is 30.2 Å². The summed E-state index contributed by atoms with van der Waals surface area (Å²) < 4.78 is 31.5. The molecule has 0 aliphatic rings. The van der Waals surface area contributed by atoms with Crippen LogP contribution in [0.2, 0.25) is 5.02 Å². The summed E-state index contributed by atoms with van der Waals surface area (Å²) in [6.45, 7) is 5.94. The molecule has 0 heterocycles. The van der Waals surface area contributed by atoms with Gasteiger partial charge >= 0.3 is 0 Å². The van der Waals surface area contributed by atoms with Crippen molar-refractivity contribution in [1.29, 1.82) is 0 Å². The standard InChI is InChI=1S/C25H34ClN3O5S/c1-6-22(25(31)27-15-18(2)3)28(16-19-10-8-7-9-11-19)24(30)17-29(35(5,32)33)20-12-13-23(34-4)21(26)14-20/h7-14,18,22H,6,15-17H2,1-5H3,(H,27,31). The molecule has 0 aliphatic carbocycles. The molecular weight excluding hydrogens is 490 g/mol. The van der Waals surface area contributed by atoms with Crippen LogP contribution in [0.4, 0.5) is 5.69 Å². The zero-order valence-electron chi connectivity index (χ0n) is 20.8. The molecule has 1 unspecified atom stereocenters. The topological polar surface area (TPSA) is 96.0 Å². The van der Waals surface area contributed by atoms with Gasteiger partial charge in [0.1, 0.15) is 18.3 Å². The molecule has 0 saturated heterocycles. The molecule has 1 atom stereocenters. The molecule has 0 bridgehead atoms. The van der Waals surface area contributed by atoms with Gasteiger partial charge in [-0.25, -0.2) is 8.42 Å². The second kappa shape index (κ2) is 12.8. The van der Waals surface area contributed by atoms with E-state index < -0.39 is 28.5 Å². The zero-order chi connectivity index (χ0) is 26.2. The largest absolute Gasteiger partial charge is 0.495 e. The van der Waals surface area contributed by atoms with Crippen LogP contribution in [0, 0.1) is 5.92 Å². The number of carbonyl (C=O) groups excluding carboxylic acids is 2. The average Bonchev–Trinajstić information content (AvgIpc) is 2.80. The number of anilines is 1. The lowest BCUT2D eigenvalue weighted by Gasteiger charge is -2.33. The Kier molecular flexibility index (Phi) is 10.4. The van der Waals surface area contributed by atoms with E-state index in [4.69, 9.17) is 16.3 Å². The molecular formula is C25H34ClN3O5S. The summed E-state index contributed by atoms with van der Waals surface area (Å²) in [5.41, 5.74) is 1.05. The summed E-state index contributed by atoms with van der Waals surface area (Å²) in [7, 11) is -2.39. The third kappa shape index (κ3) is 8.14. The smallest absolute Gasteiger partial charge is 0.244 e. The number of hydrogen-bond donors (Lipinski definition) is 1. The van der Waals surface area contributed by atoms with Crippen LogP contribution in [0.25, 0.3) is 0 Å². The number of halogens is 1. The molecule has 2 rings (SSSR count). The molecule has 0 saturated carbocycles. The van der Waals surface area contributed by atoms with Gasteiger partial charge in [-0.2, -0.15) is 0 Å². The Labute approximate surface area is 213 Å². The Bertz CT molecular complexity index is 1110. The van der Waals surface area contributed by atoms with Crippen molar-refractivity contribution < 1.29 is 22.7 Å². The predicted molar refractivity (Wildman–Crippen MR) is 139 cm³/mol. The third-order valence-electron chi connectivity index (χ3n) is 5.37. The van der Waals surface area contributed by atoms with Gasteiger partial charge < -0.3 is 15.0 Å². The van der Waals surface area contributed by atoms with Gasteiger partial charge in [-0.15, -0.1) is 0 Å². The molecule has 2 aromatic carbocycles. The number of ether oxygens (including phenoxy) is 1. The highest BCUT2D eigenvalue weighted by Gasteiger charge is 2.31. The maximum absolute atomic E-state index is 13.6. The van der Waals surface area contributed by atoms with E-state index in [9.17, 15) is 18.0 Å². The van der Waals surface area contributed by atoms with Gasteiger partial charge in [-0.05, 0) is 36.1 Å². The average molecular weight is 524 g/mol. The lowest BCUT2D eigenvalue weighted by atomic mass is 10.1. The van der Waals surface area contributed by atoms with Crippen molar-refractivity contribution >= 4 is 39.1 Å². The monoisotopic (exact) mass is 523 g/mol. The van der Waals surface area contributed by atoms with Crippen molar-refractivity contribution in [2.75, 3.05) is 30.8 Å². The Morgan fingerprint density at radius 2 is 1.77 bits per heavy atom. The predicted octanol–water partition coefficient (Wildman–Crippen LogP) is 3.69. The zero-order valence-corrected chi connectivity index (χ0v) is 22.4. The molecule has 0 radical (unpaired) electrons. The van der Waals surface area contributed by atoms with Crippen LogP contribution in [-0.2, 0) is 26.2 Å². The maximum Gasteiger partial charge on any atom is 0.244 e. The second-order valence-electron chi connectivity index (χ2n) is 8.66. The Morgan fingerprint density at radius 3 is 2.29 bits per heavy atom. The highest BCUT2D eigenvalue weighted by molar-refractivity contribution is 7.92. The first-order valence-corrected chi connectivity index (χ1v) is 13.6. The van der Waals surface area contributed by atoms with E-state index in [2.05, 4.69) is 5.32 Å². The summed E-state index contributed by atoms with van der Waals surface area (Å²) in [5.74, 6) is -0.148. The Morgan fingerprint density at radius 1 is 1.11 bits per heavy atom. The van der Waals surface area contributed by atoms with Crippen LogP contribution < -0.4 is 14.4 Å². The molecule has 192 valence electrons. The van der Waals surface area contributed by atoms with Crippen molar-refractivity contribution in [3.63, 3.8) is 0 Å². The van der Waals surface area contributed by atoms with Gasteiger partial charge in [0.2, 0.25) is 21.8 Å². The number of benzene rings is 2. The van der Waals surface area contributed by atoms with Crippen molar-refractivity contribution in [2.24, 2.45) is 5.92 Å². The van der Waals surface area contributed by atoms with Crippen LogP contribution in [0.1, 0.15) is 32.8 Å². The van der Waals surface area contributed by atoms with E-state index in [1.54, 1.807) is 0 Å². The fourth-order valence-corrected chi connectivity index (χ4v) is 4.64. The van der Waals surface area contributed by atoms with Crippen LogP contribution >= 0.6 is 11.6 Å². The number of sulfonamides is 1. The van der Waals surface area contributed by atoms with Crippen LogP contribution in [0.15, 0.2) is 48.5 Å². The summed E-state index contributed by atoms with van der Waals surface area (Å²) >= 11 is 6.21. The SMILES string of the molecule is CCC(C(=O)NCC(C)C)N(Cc1ccccc1)C(=O)CN(c1ccc(OC)c(Cl)c1)S(C)(=O)=O. The lowest BCUT2D eigenvalue weighted by Crippen LogP contribution is -2.52. The number of amides is 2. The highest BCUT2D eigenvalue weighted by atomic mass is 35.5. The molecule has 2 aromatic rings. The lowest BCUT2D eigenvalue weighted by molar-refractivity contribution is -0.140. The first-order valence-electron chi connectivity index (χ1n) is 11.4. The molecule has 8 nitrogen and oxygen atoms in total. The van der Waals surface area contributed by atoms with E-state index >= 15 is 0 Å². The summed E-state index contributed by atoms with van der Waals surface area (Å²) in [4.78, 5) is 28.1. The second-order valence-corrected chi connectivity index (χ2v) is 11.0. The van der Waals surface area contributed by atoms with Crippen molar-refractivity contribution in [1.82, 2.24) is 10.2 Å². The quantitative estimate of drug-likeness (QED) is 0.457. The first kappa shape index (κ1) is 28.5. The fraction of sp³-hybridized carbons (Fsp3) is 0.440. The maximum atomic E-state index is 13.6. The van der Waals surface area contributed by atoms with E-state index in [1.807, 2.05) is 51.1 Å². The van der Waals surface area contributed by atoms with E-state index in [0.717, 1.165) is 16.1 Å². The number of nitrogens with one attached hydrogen (secondary N) is 1. The fourth-order valence-electron chi connectivity index (χ4n) is 3.55. The number of methoxy groups -OCH3 is 1. The van der Waals surface area contributed by atoms with Gasteiger partial charge in [0.15, 0.2) is 0 Å². The molecule has 10 heteroatoms. The number of carbonyl (C=O) groups is 2. The van der Waals surface area contributed by atoms with E-state index in [-0.39, 0.29) is 29.1 Å². The van der Waals surface area contributed by atoms with Crippen LogP contribution in [0.5, 0.6) is 5.75 Å². The minimum absolute atomic E-state index is 0.161. The summed E-state index contributed by atoms with van der Waals surface area (Å²) in [5, 5.41) is 3.11. The van der Waals surface area contributed by atoms with Crippen LogP contribution in [0.3, 0.4) is 0 Å². The van der Waals surface area contributed by atoms with E-state index in [0.29, 0.717) is 18.7 Å². The molecule has 0 spiro atoms. The van der Waals surface area contributed by atoms with Gasteiger partial charge in [0.05, 0.1) is 24.1 Å². The molecule has 1 N–H and O–H groups in total. The Hall–Kier alpha value is -2.78. The highest BCUT2D eigenvalue weighted by Crippen LogP contribution is 2.30.